The van der Waals surface area contributed by atoms with Gasteiger partial charge in [0.05, 0.1) is 29.8 Å². The molecule has 1 unspecified atom stereocenters. The van der Waals surface area contributed by atoms with E-state index < -0.39 is 9.84 Å². The number of aryl methyl sites for hydroxylation is 1. The average molecular weight is 466 g/mol. The number of aromatic nitrogens is 2. The maximum Gasteiger partial charge on any atom is 0.239 e. The van der Waals surface area contributed by atoms with E-state index in [0.717, 1.165) is 43.4 Å². The molecule has 10 heteroatoms. The van der Waals surface area contributed by atoms with Crippen molar-refractivity contribution in [2.75, 3.05) is 49.5 Å². The Balaban J connectivity index is 1.28. The number of hydrogen-bond donors (Lipinski definition) is 1. The molecule has 31 heavy (non-hydrogen) atoms. The number of halogens is 1. The molecular formula is C21H28ClN5O3S. The van der Waals surface area contributed by atoms with Gasteiger partial charge in [0.25, 0.3) is 0 Å². The summed E-state index contributed by atoms with van der Waals surface area (Å²) >= 11 is 6.07. The summed E-state index contributed by atoms with van der Waals surface area (Å²) in [6, 6.07) is 9.48. The summed E-state index contributed by atoms with van der Waals surface area (Å²) in [4.78, 5) is 17.2. The van der Waals surface area contributed by atoms with E-state index >= 15 is 0 Å². The number of carbonyl (C=O) groups is 1. The van der Waals surface area contributed by atoms with Crippen LogP contribution in [0.3, 0.4) is 0 Å². The summed E-state index contributed by atoms with van der Waals surface area (Å²) < 4.78 is 25.3. The number of carbonyl (C=O) groups excluding carboxylic acids is 1. The molecule has 1 N–H and O–H groups in total. The van der Waals surface area contributed by atoms with Gasteiger partial charge in [-0.3, -0.25) is 14.6 Å². The van der Waals surface area contributed by atoms with E-state index in [4.69, 9.17) is 11.6 Å². The summed E-state index contributed by atoms with van der Waals surface area (Å²) in [5.74, 6) is 0.712. The Hall–Kier alpha value is -1.94. The van der Waals surface area contributed by atoms with Gasteiger partial charge in [-0.25, -0.2) is 13.1 Å². The first-order valence-electron chi connectivity index (χ1n) is 10.5. The molecule has 2 fully saturated rings. The number of nitrogens with zero attached hydrogens (tertiary/aromatic N) is 4. The van der Waals surface area contributed by atoms with E-state index in [-0.39, 0.29) is 23.5 Å². The molecule has 8 nitrogen and oxygen atoms in total. The number of benzene rings is 1. The minimum atomic E-state index is -3.03. The predicted molar refractivity (Wildman–Crippen MR) is 121 cm³/mol. The van der Waals surface area contributed by atoms with Crippen LogP contribution >= 0.6 is 11.6 Å². The first-order valence-corrected chi connectivity index (χ1v) is 12.7. The fourth-order valence-electron chi connectivity index (χ4n) is 4.24. The lowest BCUT2D eigenvalue weighted by atomic mass is 10.2. The zero-order valence-electron chi connectivity index (χ0n) is 17.6. The molecule has 3 heterocycles. The van der Waals surface area contributed by atoms with Crippen molar-refractivity contribution < 1.29 is 13.2 Å². The zero-order chi connectivity index (χ0) is 22.0. The molecule has 1 aromatic heterocycles. The van der Waals surface area contributed by atoms with Crippen molar-refractivity contribution in [2.45, 2.75) is 25.9 Å². The highest BCUT2D eigenvalue weighted by molar-refractivity contribution is 7.91. The van der Waals surface area contributed by atoms with E-state index in [1.54, 1.807) is 10.7 Å². The van der Waals surface area contributed by atoms with Crippen molar-refractivity contribution in [1.29, 1.82) is 0 Å². The maximum atomic E-state index is 12.7. The van der Waals surface area contributed by atoms with Crippen molar-refractivity contribution in [1.82, 2.24) is 19.6 Å². The number of hydrogen-bond acceptors (Lipinski definition) is 6. The van der Waals surface area contributed by atoms with E-state index in [9.17, 15) is 13.2 Å². The second-order valence-corrected chi connectivity index (χ2v) is 11.1. The standard InChI is InChI=1S/C21H28ClN5O3S/c1-16-11-20(27(24-16)19-5-10-31(29,30)15-19)23-21(28)14-26-8-6-25(7-9-26)13-17-3-2-4-18(22)12-17/h2-4,11-12,19H,5-10,13-15H2,1H3,(H,23,28). The second-order valence-electron chi connectivity index (χ2n) is 8.40. The number of anilines is 1. The van der Waals surface area contributed by atoms with Crippen molar-refractivity contribution >= 4 is 33.2 Å². The molecule has 2 aromatic rings. The van der Waals surface area contributed by atoms with Crippen LogP contribution in [0.4, 0.5) is 5.82 Å². The number of sulfone groups is 1. The highest BCUT2D eigenvalue weighted by atomic mass is 35.5. The third-order valence-corrected chi connectivity index (χ3v) is 7.79. The SMILES string of the molecule is Cc1cc(NC(=O)CN2CCN(Cc3cccc(Cl)c3)CC2)n(C2CCS(=O)(=O)C2)n1. The fraction of sp³-hybridized carbons (Fsp3) is 0.524. The highest BCUT2D eigenvalue weighted by Gasteiger charge is 2.31. The van der Waals surface area contributed by atoms with Gasteiger partial charge in [-0.2, -0.15) is 5.10 Å². The Kier molecular flexibility index (Phi) is 6.66. The summed E-state index contributed by atoms with van der Waals surface area (Å²) in [6.07, 6.45) is 0.529. The Morgan fingerprint density at radius 3 is 2.61 bits per heavy atom. The normalized spacial score (nSPS) is 21.9. The number of nitrogens with one attached hydrogen (secondary N) is 1. The predicted octanol–water partition coefficient (Wildman–Crippen LogP) is 1.96. The monoisotopic (exact) mass is 465 g/mol. The zero-order valence-corrected chi connectivity index (χ0v) is 19.2. The van der Waals surface area contributed by atoms with Gasteiger partial charge in [0.1, 0.15) is 5.82 Å². The molecule has 1 amide bonds. The van der Waals surface area contributed by atoms with Crippen molar-refractivity contribution in [3.8, 4) is 0 Å². The topological polar surface area (TPSA) is 87.5 Å². The van der Waals surface area contributed by atoms with Gasteiger partial charge in [0.15, 0.2) is 9.84 Å². The minimum Gasteiger partial charge on any atom is -0.310 e. The van der Waals surface area contributed by atoms with Crippen LogP contribution in [0, 0.1) is 6.92 Å². The van der Waals surface area contributed by atoms with Gasteiger partial charge >= 0.3 is 0 Å². The van der Waals surface area contributed by atoms with Crippen LogP contribution in [0.15, 0.2) is 30.3 Å². The molecule has 1 atom stereocenters. The molecule has 2 aliphatic rings. The molecule has 1 aromatic carbocycles. The van der Waals surface area contributed by atoms with Gasteiger partial charge in [0, 0.05) is 43.8 Å². The number of piperazine rings is 1. The summed E-state index contributed by atoms with van der Waals surface area (Å²) in [5, 5.41) is 8.11. The molecule has 2 saturated heterocycles. The molecule has 168 valence electrons. The quantitative estimate of drug-likeness (QED) is 0.701. The average Bonchev–Trinajstić information content (AvgIpc) is 3.24. The third kappa shape index (κ3) is 5.85. The second kappa shape index (κ2) is 9.28. The van der Waals surface area contributed by atoms with E-state index in [2.05, 4.69) is 26.3 Å². The lowest BCUT2D eigenvalue weighted by molar-refractivity contribution is -0.117. The van der Waals surface area contributed by atoms with Gasteiger partial charge < -0.3 is 5.32 Å². The molecule has 4 rings (SSSR count). The largest absolute Gasteiger partial charge is 0.310 e. The van der Waals surface area contributed by atoms with Gasteiger partial charge in [-0.15, -0.1) is 0 Å². The van der Waals surface area contributed by atoms with E-state index in [1.807, 2.05) is 25.1 Å². The highest BCUT2D eigenvalue weighted by Crippen LogP contribution is 2.27. The Morgan fingerprint density at radius 2 is 1.94 bits per heavy atom. The van der Waals surface area contributed by atoms with Gasteiger partial charge in [-0.05, 0) is 31.0 Å². The Morgan fingerprint density at radius 1 is 1.19 bits per heavy atom. The summed E-state index contributed by atoms with van der Waals surface area (Å²) in [7, 11) is -3.03. The molecule has 0 bridgehead atoms. The fourth-order valence-corrected chi connectivity index (χ4v) is 6.15. The smallest absolute Gasteiger partial charge is 0.239 e. The number of rotatable bonds is 6. The van der Waals surface area contributed by atoms with E-state index in [0.29, 0.717) is 18.8 Å². The molecular weight excluding hydrogens is 438 g/mol. The van der Waals surface area contributed by atoms with Crippen LogP contribution in [-0.2, 0) is 21.2 Å². The third-order valence-electron chi connectivity index (χ3n) is 5.81. The number of amides is 1. The lowest BCUT2D eigenvalue weighted by Gasteiger charge is -2.34. The molecule has 0 saturated carbocycles. The maximum absolute atomic E-state index is 12.7. The van der Waals surface area contributed by atoms with Crippen LogP contribution in [0.2, 0.25) is 5.02 Å². The van der Waals surface area contributed by atoms with Crippen molar-refractivity contribution in [3.63, 3.8) is 0 Å². The summed E-state index contributed by atoms with van der Waals surface area (Å²) in [5.41, 5.74) is 1.95. The Bertz CT molecular complexity index is 1050. The Labute approximate surface area is 188 Å². The van der Waals surface area contributed by atoms with Crippen LogP contribution < -0.4 is 5.32 Å². The van der Waals surface area contributed by atoms with Gasteiger partial charge in [0.2, 0.25) is 5.91 Å². The van der Waals surface area contributed by atoms with Crippen LogP contribution in [0.5, 0.6) is 0 Å². The van der Waals surface area contributed by atoms with Gasteiger partial charge in [-0.1, -0.05) is 23.7 Å². The first-order chi connectivity index (χ1) is 14.8. The molecule has 0 spiro atoms. The lowest BCUT2D eigenvalue weighted by Crippen LogP contribution is -2.48. The van der Waals surface area contributed by atoms with E-state index in [1.165, 1.54) is 5.56 Å². The molecule has 2 aliphatic heterocycles. The minimum absolute atomic E-state index is 0.0750. The molecule has 0 aliphatic carbocycles. The molecule has 0 radical (unpaired) electrons. The van der Waals surface area contributed by atoms with Crippen LogP contribution in [0.25, 0.3) is 0 Å². The van der Waals surface area contributed by atoms with Crippen molar-refractivity contribution in [2.24, 2.45) is 0 Å². The van der Waals surface area contributed by atoms with Crippen LogP contribution in [-0.4, -0.2) is 78.1 Å². The first kappa shape index (κ1) is 22.3. The summed E-state index contributed by atoms with van der Waals surface area (Å²) in [6.45, 7) is 6.39. The van der Waals surface area contributed by atoms with Crippen molar-refractivity contribution in [3.05, 3.63) is 46.6 Å². The van der Waals surface area contributed by atoms with Crippen LogP contribution in [0.1, 0.15) is 23.7 Å².